The molecule has 1 aromatic heterocycles. The van der Waals surface area contributed by atoms with Crippen molar-refractivity contribution in [2.24, 2.45) is 11.5 Å². The first-order chi connectivity index (χ1) is 6.25. The standard InChI is InChI=1S/C9H14FN3/c10-9-7(3-2-6-13-9)8(12)4-1-5-11/h2-3,6,8H,1,4-5,11-12H2/t8-/m1/s1. The minimum atomic E-state index is -0.480. The van der Waals surface area contributed by atoms with Gasteiger partial charge in [-0.25, -0.2) is 4.98 Å². The van der Waals surface area contributed by atoms with Crippen LogP contribution < -0.4 is 11.5 Å². The van der Waals surface area contributed by atoms with Gasteiger partial charge in [-0.15, -0.1) is 0 Å². The number of pyridine rings is 1. The van der Waals surface area contributed by atoms with Gasteiger partial charge in [0.15, 0.2) is 0 Å². The predicted octanol–water partition coefficient (Wildman–Crippen LogP) is 0.959. The summed E-state index contributed by atoms with van der Waals surface area (Å²) in [5.74, 6) is -0.480. The summed E-state index contributed by atoms with van der Waals surface area (Å²) in [7, 11) is 0. The Labute approximate surface area is 77.0 Å². The van der Waals surface area contributed by atoms with E-state index < -0.39 is 5.95 Å². The molecule has 3 nitrogen and oxygen atoms in total. The van der Waals surface area contributed by atoms with Gasteiger partial charge in [0.1, 0.15) is 0 Å². The summed E-state index contributed by atoms with van der Waals surface area (Å²) in [6.07, 6.45) is 2.91. The lowest BCUT2D eigenvalue weighted by atomic mass is 10.0. The van der Waals surface area contributed by atoms with Crippen molar-refractivity contribution in [3.8, 4) is 0 Å². The number of halogens is 1. The SMILES string of the molecule is NCCC[C@@H](N)c1cccnc1F. The Kier molecular flexibility index (Phi) is 3.79. The van der Waals surface area contributed by atoms with E-state index in [0.29, 0.717) is 18.5 Å². The van der Waals surface area contributed by atoms with E-state index in [1.165, 1.54) is 6.20 Å². The van der Waals surface area contributed by atoms with Crippen LogP contribution in [0, 0.1) is 5.95 Å². The molecule has 1 aromatic rings. The summed E-state index contributed by atoms with van der Waals surface area (Å²) in [4.78, 5) is 3.53. The van der Waals surface area contributed by atoms with Crippen LogP contribution in [-0.2, 0) is 0 Å². The molecule has 0 aliphatic carbocycles. The maximum absolute atomic E-state index is 13.0. The monoisotopic (exact) mass is 183 g/mol. The molecule has 0 aliphatic rings. The molecule has 0 fully saturated rings. The third-order valence-corrected chi connectivity index (χ3v) is 1.91. The van der Waals surface area contributed by atoms with E-state index in [4.69, 9.17) is 11.5 Å². The van der Waals surface area contributed by atoms with Gasteiger partial charge in [0.2, 0.25) is 5.95 Å². The van der Waals surface area contributed by atoms with Gasteiger partial charge in [0.25, 0.3) is 0 Å². The summed E-state index contributed by atoms with van der Waals surface area (Å²) in [6.45, 7) is 0.579. The molecule has 0 spiro atoms. The summed E-state index contributed by atoms with van der Waals surface area (Å²) in [5, 5.41) is 0. The molecule has 1 rings (SSSR count). The van der Waals surface area contributed by atoms with E-state index in [9.17, 15) is 4.39 Å². The van der Waals surface area contributed by atoms with Gasteiger partial charge in [-0.05, 0) is 25.5 Å². The second-order valence-corrected chi connectivity index (χ2v) is 2.92. The van der Waals surface area contributed by atoms with E-state index in [0.717, 1.165) is 6.42 Å². The Morgan fingerprint density at radius 2 is 2.31 bits per heavy atom. The van der Waals surface area contributed by atoms with Gasteiger partial charge < -0.3 is 11.5 Å². The zero-order valence-corrected chi connectivity index (χ0v) is 7.41. The van der Waals surface area contributed by atoms with Gasteiger partial charge in [-0.3, -0.25) is 0 Å². The molecule has 1 heterocycles. The lowest BCUT2D eigenvalue weighted by molar-refractivity contribution is 0.526. The van der Waals surface area contributed by atoms with E-state index in [1.54, 1.807) is 12.1 Å². The second-order valence-electron chi connectivity index (χ2n) is 2.92. The van der Waals surface area contributed by atoms with Crippen molar-refractivity contribution in [3.63, 3.8) is 0 Å². The lowest BCUT2D eigenvalue weighted by Crippen LogP contribution is -2.14. The Balaban J connectivity index is 2.65. The highest BCUT2D eigenvalue weighted by Gasteiger charge is 2.10. The molecule has 0 bridgehead atoms. The molecule has 0 unspecified atom stereocenters. The molecule has 1 atom stereocenters. The first-order valence-corrected chi connectivity index (χ1v) is 4.31. The number of aromatic nitrogens is 1. The molecule has 0 aliphatic heterocycles. The predicted molar refractivity (Wildman–Crippen MR) is 49.4 cm³/mol. The van der Waals surface area contributed by atoms with E-state index in [1.807, 2.05) is 0 Å². The number of nitrogens with two attached hydrogens (primary N) is 2. The Hall–Kier alpha value is -1.00. The van der Waals surface area contributed by atoms with Crippen molar-refractivity contribution in [1.82, 2.24) is 4.98 Å². The molecule has 4 heteroatoms. The highest BCUT2D eigenvalue weighted by atomic mass is 19.1. The quantitative estimate of drug-likeness (QED) is 0.683. The van der Waals surface area contributed by atoms with E-state index in [2.05, 4.69) is 4.98 Å². The average Bonchev–Trinajstić information content (AvgIpc) is 2.15. The molecule has 0 radical (unpaired) electrons. The second kappa shape index (κ2) is 4.89. The maximum Gasteiger partial charge on any atom is 0.217 e. The molecule has 4 N–H and O–H groups in total. The van der Waals surface area contributed by atoms with E-state index >= 15 is 0 Å². The van der Waals surface area contributed by atoms with E-state index in [-0.39, 0.29) is 6.04 Å². The summed E-state index contributed by atoms with van der Waals surface area (Å²) in [5.41, 5.74) is 11.5. The highest BCUT2D eigenvalue weighted by molar-refractivity contribution is 5.14. The van der Waals surface area contributed by atoms with Crippen LogP contribution in [0.2, 0.25) is 0 Å². The third kappa shape index (κ3) is 2.75. The van der Waals surface area contributed by atoms with Crippen LogP contribution in [0.5, 0.6) is 0 Å². The normalized spacial score (nSPS) is 12.8. The molecule has 13 heavy (non-hydrogen) atoms. The maximum atomic E-state index is 13.0. The smallest absolute Gasteiger partial charge is 0.217 e. The fraction of sp³-hybridized carbons (Fsp3) is 0.444. The molecule has 0 saturated carbocycles. The Morgan fingerprint density at radius 3 is 2.92 bits per heavy atom. The number of rotatable bonds is 4. The van der Waals surface area contributed by atoms with Gasteiger partial charge in [-0.2, -0.15) is 4.39 Å². The lowest BCUT2D eigenvalue weighted by Gasteiger charge is -2.10. The fourth-order valence-electron chi connectivity index (χ4n) is 1.17. The molecule has 0 aromatic carbocycles. The zero-order chi connectivity index (χ0) is 9.68. The Bertz CT molecular complexity index is 265. The van der Waals surface area contributed by atoms with Crippen molar-refractivity contribution < 1.29 is 4.39 Å². The number of hydrogen-bond donors (Lipinski definition) is 2. The minimum Gasteiger partial charge on any atom is -0.330 e. The van der Waals surface area contributed by atoms with Gasteiger partial charge in [0, 0.05) is 17.8 Å². The summed E-state index contributed by atoms with van der Waals surface area (Å²) in [6, 6.07) is 3.04. The Morgan fingerprint density at radius 1 is 1.54 bits per heavy atom. The van der Waals surface area contributed by atoms with Gasteiger partial charge in [-0.1, -0.05) is 6.07 Å². The van der Waals surface area contributed by atoms with Crippen molar-refractivity contribution >= 4 is 0 Å². The van der Waals surface area contributed by atoms with Gasteiger partial charge >= 0.3 is 0 Å². The van der Waals surface area contributed by atoms with Crippen LogP contribution in [-0.4, -0.2) is 11.5 Å². The number of nitrogens with zero attached hydrogens (tertiary/aromatic N) is 1. The largest absolute Gasteiger partial charge is 0.330 e. The molecular weight excluding hydrogens is 169 g/mol. The molecular formula is C9H14FN3. The minimum absolute atomic E-state index is 0.294. The van der Waals surface area contributed by atoms with Crippen LogP contribution in [0.1, 0.15) is 24.4 Å². The number of hydrogen-bond acceptors (Lipinski definition) is 3. The summed E-state index contributed by atoms with van der Waals surface area (Å²) >= 11 is 0. The van der Waals surface area contributed by atoms with Crippen LogP contribution in [0.3, 0.4) is 0 Å². The van der Waals surface area contributed by atoms with Gasteiger partial charge in [0.05, 0.1) is 0 Å². The molecule has 72 valence electrons. The van der Waals surface area contributed by atoms with Crippen molar-refractivity contribution in [1.29, 1.82) is 0 Å². The van der Waals surface area contributed by atoms with Crippen molar-refractivity contribution in [2.75, 3.05) is 6.54 Å². The first kappa shape index (κ1) is 10.1. The zero-order valence-electron chi connectivity index (χ0n) is 7.41. The van der Waals surface area contributed by atoms with Crippen molar-refractivity contribution in [3.05, 3.63) is 29.8 Å². The van der Waals surface area contributed by atoms with Crippen LogP contribution >= 0.6 is 0 Å². The summed E-state index contributed by atoms with van der Waals surface area (Å²) < 4.78 is 13.0. The third-order valence-electron chi connectivity index (χ3n) is 1.91. The molecule has 0 amide bonds. The topological polar surface area (TPSA) is 64.9 Å². The highest BCUT2D eigenvalue weighted by Crippen LogP contribution is 2.16. The van der Waals surface area contributed by atoms with Crippen LogP contribution in [0.15, 0.2) is 18.3 Å². The first-order valence-electron chi connectivity index (χ1n) is 4.31. The fourth-order valence-corrected chi connectivity index (χ4v) is 1.17. The van der Waals surface area contributed by atoms with Crippen LogP contribution in [0.25, 0.3) is 0 Å². The van der Waals surface area contributed by atoms with Crippen LogP contribution in [0.4, 0.5) is 4.39 Å². The van der Waals surface area contributed by atoms with Crippen molar-refractivity contribution in [2.45, 2.75) is 18.9 Å². The molecule has 0 saturated heterocycles. The average molecular weight is 183 g/mol.